The van der Waals surface area contributed by atoms with Crippen LogP contribution in [0.5, 0.6) is 5.75 Å². The number of nitrogens with one attached hydrogen (secondary N) is 1. The number of para-hydroxylation sites is 1. The Labute approximate surface area is 160 Å². The van der Waals surface area contributed by atoms with E-state index in [1.807, 2.05) is 44.2 Å². The van der Waals surface area contributed by atoms with E-state index in [1.165, 1.54) is 7.11 Å². The van der Waals surface area contributed by atoms with Crippen LogP contribution >= 0.6 is 0 Å². The molecule has 0 radical (unpaired) electrons. The molecule has 2 aromatic rings. The third-order valence-corrected chi connectivity index (χ3v) is 6.35. The number of benzene rings is 2. The van der Waals surface area contributed by atoms with E-state index in [1.54, 1.807) is 17.0 Å². The molecule has 2 aromatic carbocycles. The summed E-state index contributed by atoms with van der Waals surface area (Å²) in [5, 5.41) is 0. The van der Waals surface area contributed by atoms with E-state index >= 15 is 0 Å². The van der Waals surface area contributed by atoms with Crippen molar-refractivity contribution in [3.05, 3.63) is 53.6 Å². The van der Waals surface area contributed by atoms with Crippen LogP contribution in [0.15, 0.2) is 47.4 Å². The molecule has 1 saturated heterocycles. The summed E-state index contributed by atoms with van der Waals surface area (Å²) < 4.78 is 33.4. The lowest BCUT2D eigenvalue weighted by Crippen LogP contribution is -2.31. The standard InChI is InChI=1S/C20H24N2O4S/c1-14-9-18(26-3)19(10-15(14)2)27(24,25)21-12-16-11-20(23)22(13-16)17-7-5-4-6-8-17/h4-10,16,21H,11-13H2,1-3H3. The van der Waals surface area contributed by atoms with Crippen molar-refractivity contribution in [1.29, 1.82) is 0 Å². The Balaban J connectivity index is 1.72. The number of methoxy groups -OCH3 is 1. The second-order valence-corrected chi connectivity index (χ2v) is 8.58. The van der Waals surface area contributed by atoms with Gasteiger partial charge in [-0.3, -0.25) is 4.79 Å². The van der Waals surface area contributed by atoms with Gasteiger partial charge in [0.1, 0.15) is 10.6 Å². The highest BCUT2D eigenvalue weighted by atomic mass is 32.2. The maximum absolute atomic E-state index is 12.8. The topological polar surface area (TPSA) is 75.7 Å². The van der Waals surface area contributed by atoms with Crippen molar-refractivity contribution in [2.75, 3.05) is 25.1 Å². The predicted molar refractivity (Wildman–Crippen MR) is 105 cm³/mol. The van der Waals surface area contributed by atoms with Crippen LogP contribution in [-0.2, 0) is 14.8 Å². The Kier molecular flexibility index (Phi) is 5.53. The van der Waals surface area contributed by atoms with Gasteiger partial charge in [-0.1, -0.05) is 18.2 Å². The van der Waals surface area contributed by atoms with E-state index in [9.17, 15) is 13.2 Å². The summed E-state index contributed by atoms with van der Waals surface area (Å²) in [6, 6.07) is 12.8. The molecule has 7 heteroatoms. The summed E-state index contributed by atoms with van der Waals surface area (Å²) in [6.07, 6.45) is 0.321. The Morgan fingerprint density at radius 2 is 1.81 bits per heavy atom. The number of carbonyl (C=O) groups excluding carboxylic acids is 1. The van der Waals surface area contributed by atoms with Crippen molar-refractivity contribution in [1.82, 2.24) is 4.72 Å². The number of hydrogen-bond donors (Lipinski definition) is 1. The molecule has 0 aromatic heterocycles. The van der Waals surface area contributed by atoms with Crippen molar-refractivity contribution in [2.24, 2.45) is 5.92 Å². The maximum Gasteiger partial charge on any atom is 0.244 e. The van der Waals surface area contributed by atoms with Gasteiger partial charge < -0.3 is 9.64 Å². The lowest BCUT2D eigenvalue weighted by Gasteiger charge is -2.17. The summed E-state index contributed by atoms with van der Waals surface area (Å²) in [4.78, 5) is 14.1. The largest absolute Gasteiger partial charge is 0.495 e. The molecule has 0 aliphatic carbocycles. The molecule has 1 atom stereocenters. The number of nitrogens with zero attached hydrogens (tertiary/aromatic N) is 1. The quantitative estimate of drug-likeness (QED) is 0.825. The van der Waals surface area contributed by atoms with Crippen LogP contribution in [0.1, 0.15) is 17.5 Å². The van der Waals surface area contributed by atoms with Crippen LogP contribution in [0.3, 0.4) is 0 Å². The van der Waals surface area contributed by atoms with Gasteiger partial charge in [-0.15, -0.1) is 0 Å². The number of carbonyl (C=O) groups is 1. The first-order chi connectivity index (χ1) is 12.8. The van der Waals surface area contributed by atoms with Gasteiger partial charge in [-0.25, -0.2) is 13.1 Å². The van der Waals surface area contributed by atoms with E-state index in [0.29, 0.717) is 18.7 Å². The summed E-state index contributed by atoms with van der Waals surface area (Å²) >= 11 is 0. The van der Waals surface area contributed by atoms with Gasteiger partial charge in [0.25, 0.3) is 0 Å². The first-order valence-electron chi connectivity index (χ1n) is 8.82. The maximum atomic E-state index is 12.8. The van der Waals surface area contributed by atoms with Gasteiger partial charge in [0.2, 0.25) is 15.9 Å². The zero-order chi connectivity index (χ0) is 19.6. The molecule has 1 fully saturated rings. The highest BCUT2D eigenvalue weighted by Gasteiger charge is 2.32. The van der Waals surface area contributed by atoms with Crippen molar-refractivity contribution in [3.8, 4) is 5.75 Å². The zero-order valence-corrected chi connectivity index (χ0v) is 16.5. The summed E-state index contributed by atoms with van der Waals surface area (Å²) in [7, 11) is -2.28. The van der Waals surface area contributed by atoms with Gasteiger partial charge >= 0.3 is 0 Å². The van der Waals surface area contributed by atoms with Crippen LogP contribution in [0.25, 0.3) is 0 Å². The van der Waals surface area contributed by atoms with Crippen LogP contribution in [-0.4, -0.2) is 34.5 Å². The third-order valence-electron chi connectivity index (χ3n) is 4.90. The molecule has 6 nitrogen and oxygen atoms in total. The van der Waals surface area contributed by atoms with Gasteiger partial charge in [-0.05, 0) is 55.2 Å². The minimum Gasteiger partial charge on any atom is -0.495 e. The van der Waals surface area contributed by atoms with Crippen molar-refractivity contribution in [2.45, 2.75) is 25.2 Å². The fourth-order valence-electron chi connectivity index (χ4n) is 3.21. The van der Waals surface area contributed by atoms with E-state index in [-0.39, 0.29) is 23.3 Å². The van der Waals surface area contributed by atoms with Gasteiger partial charge in [0, 0.05) is 25.2 Å². The van der Waals surface area contributed by atoms with Gasteiger partial charge in [0.05, 0.1) is 7.11 Å². The monoisotopic (exact) mass is 388 g/mol. The normalized spacial score (nSPS) is 17.4. The third kappa shape index (κ3) is 4.14. The molecular weight excluding hydrogens is 364 g/mol. The lowest BCUT2D eigenvalue weighted by atomic mass is 10.1. The smallest absolute Gasteiger partial charge is 0.244 e. The fourth-order valence-corrected chi connectivity index (χ4v) is 4.56. The number of sulfonamides is 1. The molecule has 144 valence electrons. The average Bonchev–Trinajstić information content (AvgIpc) is 3.03. The van der Waals surface area contributed by atoms with E-state index in [2.05, 4.69) is 4.72 Å². The predicted octanol–water partition coefficient (Wildman–Crippen LogP) is 2.64. The SMILES string of the molecule is COc1cc(C)c(C)cc1S(=O)(=O)NCC1CC(=O)N(c2ccccc2)C1. The molecule has 1 aliphatic rings. The minimum absolute atomic E-state index is 0.00848. The van der Waals surface area contributed by atoms with Crippen molar-refractivity contribution >= 4 is 21.6 Å². The molecule has 0 spiro atoms. The summed E-state index contributed by atoms with van der Waals surface area (Å²) in [5.41, 5.74) is 2.68. The number of aryl methyl sites for hydroxylation is 2. The number of ether oxygens (including phenoxy) is 1. The second-order valence-electron chi connectivity index (χ2n) is 6.85. The van der Waals surface area contributed by atoms with Crippen molar-refractivity contribution < 1.29 is 17.9 Å². The Morgan fingerprint density at radius 3 is 2.48 bits per heavy atom. The first kappa shape index (κ1) is 19.4. The molecule has 1 heterocycles. The highest BCUT2D eigenvalue weighted by molar-refractivity contribution is 7.89. The lowest BCUT2D eigenvalue weighted by molar-refractivity contribution is -0.117. The molecule has 1 N–H and O–H groups in total. The van der Waals surface area contributed by atoms with Gasteiger partial charge in [-0.2, -0.15) is 0 Å². The molecule has 1 aliphatic heterocycles. The van der Waals surface area contributed by atoms with Crippen LogP contribution in [0.2, 0.25) is 0 Å². The van der Waals surface area contributed by atoms with E-state index in [4.69, 9.17) is 4.74 Å². The molecule has 27 heavy (non-hydrogen) atoms. The van der Waals surface area contributed by atoms with E-state index in [0.717, 1.165) is 16.8 Å². The van der Waals surface area contributed by atoms with E-state index < -0.39 is 10.0 Å². The van der Waals surface area contributed by atoms with Crippen LogP contribution < -0.4 is 14.4 Å². The summed E-state index contributed by atoms with van der Waals surface area (Å²) in [6.45, 7) is 4.47. The highest BCUT2D eigenvalue weighted by Crippen LogP contribution is 2.28. The molecular formula is C20H24N2O4S. The molecule has 0 bridgehead atoms. The Bertz CT molecular complexity index is 942. The second kappa shape index (κ2) is 7.70. The van der Waals surface area contributed by atoms with Crippen LogP contribution in [0, 0.1) is 19.8 Å². The summed E-state index contributed by atoms with van der Waals surface area (Å²) in [5.74, 6) is 0.248. The number of anilines is 1. The molecule has 1 unspecified atom stereocenters. The number of hydrogen-bond acceptors (Lipinski definition) is 4. The number of rotatable bonds is 6. The Hall–Kier alpha value is -2.38. The first-order valence-corrected chi connectivity index (χ1v) is 10.3. The molecule has 1 amide bonds. The fraction of sp³-hybridized carbons (Fsp3) is 0.350. The average molecular weight is 388 g/mol. The molecule has 3 rings (SSSR count). The van der Waals surface area contributed by atoms with Crippen molar-refractivity contribution in [3.63, 3.8) is 0 Å². The number of amides is 1. The zero-order valence-electron chi connectivity index (χ0n) is 15.7. The molecule has 0 saturated carbocycles. The van der Waals surface area contributed by atoms with Gasteiger partial charge in [0.15, 0.2) is 0 Å². The minimum atomic E-state index is -3.73. The van der Waals surface area contributed by atoms with Crippen LogP contribution in [0.4, 0.5) is 5.69 Å². The Morgan fingerprint density at radius 1 is 1.15 bits per heavy atom.